The third-order valence-electron chi connectivity index (χ3n) is 19.1. The molecule has 0 bridgehead atoms. The minimum atomic E-state index is -0.368. The molecule has 406 valence electrons. The van der Waals surface area contributed by atoms with E-state index in [1.807, 2.05) is 48.5 Å². The van der Waals surface area contributed by atoms with Gasteiger partial charge < -0.3 is 18.6 Å². The molecule has 3 aliphatic rings. The van der Waals surface area contributed by atoms with Crippen LogP contribution >= 0.6 is 0 Å². The van der Waals surface area contributed by atoms with E-state index in [1.54, 1.807) is 0 Å². The molecule has 2 aromatic heterocycles. The molecule has 0 unspecified atom stereocenters. The Balaban J connectivity index is 0.785. The van der Waals surface area contributed by atoms with E-state index in [0.29, 0.717) is 11.8 Å². The number of nitrogens with zero attached hydrogens (tertiary/aromatic N) is 4. The number of para-hydroxylation sites is 4. The lowest BCUT2D eigenvalue weighted by atomic mass is 9.81. The van der Waals surface area contributed by atoms with Crippen molar-refractivity contribution in [2.75, 3.05) is 9.80 Å². The van der Waals surface area contributed by atoms with Crippen LogP contribution < -0.4 is 9.80 Å². The summed E-state index contributed by atoms with van der Waals surface area (Å²) in [4.78, 5) is 14.6. The Morgan fingerprint density at radius 1 is 0.294 bits per heavy atom. The fourth-order valence-corrected chi connectivity index (χ4v) is 14.7. The lowest BCUT2D eigenvalue weighted by Crippen LogP contribution is -2.18. The highest BCUT2D eigenvalue weighted by Crippen LogP contribution is 2.57. The molecule has 2 heterocycles. The molecule has 0 amide bonds. The van der Waals surface area contributed by atoms with Crippen molar-refractivity contribution in [3.05, 3.63) is 276 Å². The second-order valence-corrected chi connectivity index (χ2v) is 25.0. The number of fused-ring (bicyclic) bond motifs is 15. The molecular formula is C79H58N4O2. The topological polar surface area (TPSA) is 58.5 Å². The van der Waals surface area contributed by atoms with Crippen molar-refractivity contribution in [3.63, 3.8) is 0 Å². The standard InChI is InChI=1S/C79H58N4O2/c1-77(2)63-41-27-47-15-7-9-17-57(47)73(63)61-39-35-55(45-67(61)77)82(51-29-23-49(24-30-51)75-80-69-19-11-13-21-71(69)84-75)53-33-37-59-60-38-34-54(44-66(60)79(5,6)65(59)43-53)83(52-31-25-50(26-32-52)76-81-70-20-12-14-22-72(70)85-76)56-36-40-62-68(46-56)78(3,4)64-42-28-48-16-8-10-18-58(48)74(62)64/h7-46H,1-6H3. The first-order chi connectivity index (χ1) is 41.4. The highest BCUT2D eigenvalue weighted by molar-refractivity contribution is 6.05. The van der Waals surface area contributed by atoms with Gasteiger partial charge in [0.25, 0.3) is 0 Å². The molecule has 0 fully saturated rings. The summed E-state index contributed by atoms with van der Waals surface area (Å²) in [5.74, 6) is 1.21. The van der Waals surface area contributed by atoms with Crippen LogP contribution in [0, 0.1) is 0 Å². The first kappa shape index (κ1) is 49.3. The fourth-order valence-electron chi connectivity index (χ4n) is 14.7. The zero-order valence-electron chi connectivity index (χ0n) is 48.2. The maximum absolute atomic E-state index is 6.28. The molecule has 0 spiro atoms. The van der Waals surface area contributed by atoms with Gasteiger partial charge in [0, 0.05) is 61.5 Å². The van der Waals surface area contributed by atoms with E-state index >= 15 is 0 Å². The van der Waals surface area contributed by atoms with E-state index in [-0.39, 0.29) is 16.2 Å². The molecule has 0 N–H and O–H groups in total. The van der Waals surface area contributed by atoms with Crippen molar-refractivity contribution in [2.45, 2.75) is 57.8 Å². The molecule has 0 atom stereocenters. The van der Waals surface area contributed by atoms with Gasteiger partial charge >= 0.3 is 0 Å². The Hall–Kier alpha value is -10.3. The zero-order chi connectivity index (χ0) is 57.1. The van der Waals surface area contributed by atoms with E-state index < -0.39 is 0 Å². The number of hydrogen-bond donors (Lipinski definition) is 0. The number of aromatic nitrogens is 2. The predicted octanol–water partition coefficient (Wildman–Crippen LogP) is 21.5. The maximum Gasteiger partial charge on any atom is 0.227 e. The average Bonchev–Trinajstić information content (AvgIpc) is 1.66. The van der Waals surface area contributed by atoms with Crippen LogP contribution in [0.15, 0.2) is 251 Å². The summed E-state index contributed by atoms with van der Waals surface area (Å²) in [6, 6.07) is 88.6. The number of rotatable bonds is 8. The lowest BCUT2D eigenvalue weighted by Gasteiger charge is -2.30. The monoisotopic (exact) mass is 1090 g/mol. The van der Waals surface area contributed by atoms with Crippen molar-refractivity contribution in [1.82, 2.24) is 9.97 Å². The van der Waals surface area contributed by atoms with Crippen LogP contribution in [0.2, 0.25) is 0 Å². The highest BCUT2D eigenvalue weighted by atomic mass is 16.4. The van der Waals surface area contributed by atoms with Crippen LogP contribution in [0.1, 0.15) is 74.9 Å². The molecule has 6 nitrogen and oxygen atoms in total. The Kier molecular flexibility index (Phi) is 10.4. The SMILES string of the molecule is CC1(C)c2cc(N(c3ccc(-c4nc5ccccc5o4)cc3)c3ccc4c(c3)C(C)(C)c3ccc5ccccc5c3-4)ccc2-c2ccc(N(c3ccc(-c4nc5ccccc5o4)cc3)c3ccc4c(c3)C(C)(C)c3ccc5ccccc5c3-4)cc21. The third-order valence-corrected chi connectivity index (χ3v) is 19.1. The molecule has 3 aliphatic carbocycles. The molecule has 0 radical (unpaired) electrons. The second-order valence-electron chi connectivity index (χ2n) is 25.0. The van der Waals surface area contributed by atoms with Gasteiger partial charge in [-0.15, -0.1) is 0 Å². The Morgan fingerprint density at radius 2 is 0.624 bits per heavy atom. The van der Waals surface area contributed by atoms with Crippen molar-refractivity contribution in [3.8, 4) is 56.3 Å². The van der Waals surface area contributed by atoms with Gasteiger partial charge in [-0.25, -0.2) is 9.97 Å². The number of oxazole rings is 2. The number of benzene rings is 12. The summed E-state index contributed by atoms with van der Waals surface area (Å²) in [5.41, 5.74) is 26.4. The number of hydrogen-bond acceptors (Lipinski definition) is 6. The van der Waals surface area contributed by atoms with E-state index in [2.05, 4.69) is 245 Å². The smallest absolute Gasteiger partial charge is 0.227 e. The van der Waals surface area contributed by atoms with E-state index in [0.717, 1.165) is 67.5 Å². The van der Waals surface area contributed by atoms with Gasteiger partial charge in [0.1, 0.15) is 11.0 Å². The largest absolute Gasteiger partial charge is 0.436 e. The fraction of sp³-hybridized carbons (Fsp3) is 0.114. The molecule has 85 heavy (non-hydrogen) atoms. The Bertz CT molecular complexity index is 4730. The summed E-state index contributed by atoms with van der Waals surface area (Å²) in [7, 11) is 0. The van der Waals surface area contributed by atoms with E-state index in [1.165, 1.54) is 88.3 Å². The van der Waals surface area contributed by atoms with Gasteiger partial charge in [-0.05, 0) is 210 Å². The number of anilines is 6. The maximum atomic E-state index is 6.28. The predicted molar refractivity (Wildman–Crippen MR) is 350 cm³/mol. The van der Waals surface area contributed by atoms with Crippen molar-refractivity contribution >= 4 is 77.9 Å². The Labute approximate surface area is 493 Å². The summed E-state index contributed by atoms with van der Waals surface area (Å²) in [6.45, 7) is 14.3. The molecular weight excluding hydrogens is 1040 g/mol. The normalized spacial score (nSPS) is 14.5. The summed E-state index contributed by atoms with van der Waals surface area (Å²) >= 11 is 0. The van der Waals surface area contributed by atoms with E-state index in [9.17, 15) is 0 Å². The van der Waals surface area contributed by atoms with Gasteiger partial charge in [0.15, 0.2) is 11.2 Å². The summed E-state index contributed by atoms with van der Waals surface area (Å²) < 4.78 is 12.6. The van der Waals surface area contributed by atoms with Gasteiger partial charge in [-0.3, -0.25) is 0 Å². The van der Waals surface area contributed by atoms with Gasteiger partial charge in [0.2, 0.25) is 11.8 Å². The van der Waals surface area contributed by atoms with Crippen molar-refractivity contribution < 1.29 is 8.83 Å². The van der Waals surface area contributed by atoms with Crippen molar-refractivity contribution in [1.29, 1.82) is 0 Å². The molecule has 6 heteroatoms. The van der Waals surface area contributed by atoms with Gasteiger partial charge in [0.05, 0.1) is 0 Å². The summed E-state index contributed by atoms with van der Waals surface area (Å²) in [6.07, 6.45) is 0. The molecule has 0 saturated carbocycles. The lowest BCUT2D eigenvalue weighted by molar-refractivity contribution is 0.619. The van der Waals surface area contributed by atoms with Gasteiger partial charge in [-0.2, -0.15) is 0 Å². The molecule has 0 saturated heterocycles. The Morgan fingerprint density at radius 3 is 1.02 bits per heavy atom. The van der Waals surface area contributed by atoms with Crippen LogP contribution in [0.4, 0.5) is 34.1 Å². The second kappa shape index (κ2) is 17.9. The van der Waals surface area contributed by atoms with Crippen LogP contribution in [0.25, 0.3) is 100 Å². The average molecular weight is 1100 g/mol. The molecule has 0 aliphatic heterocycles. The molecule has 14 aromatic rings. The van der Waals surface area contributed by atoms with Crippen LogP contribution in [-0.4, -0.2) is 9.97 Å². The third kappa shape index (κ3) is 7.31. The summed E-state index contributed by atoms with van der Waals surface area (Å²) in [5, 5.41) is 5.11. The highest BCUT2D eigenvalue weighted by Gasteiger charge is 2.41. The minimum Gasteiger partial charge on any atom is -0.436 e. The van der Waals surface area contributed by atoms with Crippen LogP contribution in [0.3, 0.4) is 0 Å². The van der Waals surface area contributed by atoms with Crippen molar-refractivity contribution in [2.24, 2.45) is 0 Å². The molecule has 12 aromatic carbocycles. The van der Waals surface area contributed by atoms with Crippen LogP contribution in [-0.2, 0) is 16.2 Å². The first-order valence-electron chi connectivity index (χ1n) is 29.5. The molecule has 17 rings (SSSR count). The van der Waals surface area contributed by atoms with Crippen LogP contribution in [0.5, 0.6) is 0 Å². The quantitative estimate of drug-likeness (QED) is 0.151. The first-order valence-corrected chi connectivity index (χ1v) is 29.5. The van der Waals surface area contributed by atoms with Gasteiger partial charge in [-0.1, -0.05) is 163 Å². The minimum absolute atomic E-state index is 0.218. The zero-order valence-corrected chi connectivity index (χ0v) is 48.2. The van der Waals surface area contributed by atoms with E-state index in [4.69, 9.17) is 18.8 Å².